The first-order valence-electron chi connectivity index (χ1n) is 7.28. The molecule has 0 radical (unpaired) electrons. The maximum Gasteiger partial charge on any atom is 0.240 e. The number of nitrogens with one attached hydrogen (secondary N) is 2. The van der Waals surface area contributed by atoms with Gasteiger partial charge in [0.15, 0.2) is 0 Å². The van der Waals surface area contributed by atoms with Gasteiger partial charge in [0.25, 0.3) is 0 Å². The van der Waals surface area contributed by atoms with E-state index in [0.717, 1.165) is 24.9 Å². The fraction of sp³-hybridized carbons (Fsp3) is 0.600. The van der Waals surface area contributed by atoms with Crippen LogP contribution in [0.5, 0.6) is 0 Å². The average molecular weight is 313 g/mol. The Kier molecular flexibility index (Phi) is 7.31. The SMILES string of the molecule is CNC(C)c1ccc(S(=O)(=O)NCCCCN(C)C)cc1. The molecule has 1 rings (SSSR count). The highest BCUT2D eigenvalue weighted by atomic mass is 32.2. The summed E-state index contributed by atoms with van der Waals surface area (Å²) in [6.07, 6.45) is 1.82. The summed E-state index contributed by atoms with van der Waals surface area (Å²) in [5, 5.41) is 3.13. The van der Waals surface area contributed by atoms with E-state index in [1.165, 1.54) is 0 Å². The van der Waals surface area contributed by atoms with Gasteiger partial charge in [0.1, 0.15) is 0 Å². The number of unbranched alkanes of at least 4 members (excludes halogenated alkanes) is 1. The molecule has 0 aliphatic rings. The zero-order valence-electron chi connectivity index (χ0n) is 13.4. The Morgan fingerprint density at radius 1 is 1.14 bits per heavy atom. The maximum absolute atomic E-state index is 12.1. The molecule has 120 valence electrons. The van der Waals surface area contributed by atoms with E-state index in [4.69, 9.17) is 0 Å². The second-order valence-electron chi connectivity index (χ2n) is 5.49. The smallest absolute Gasteiger partial charge is 0.240 e. The van der Waals surface area contributed by atoms with E-state index in [9.17, 15) is 8.42 Å². The molecular weight excluding hydrogens is 286 g/mol. The first kappa shape index (κ1) is 18.1. The molecule has 0 saturated heterocycles. The van der Waals surface area contributed by atoms with E-state index >= 15 is 0 Å². The van der Waals surface area contributed by atoms with Gasteiger partial charge in [-0.2, -0.15) is 0 Å². The zero-order valence-corrected chi connectivity index (χ0v) is 14.2. The molecule has 0 saturated carbocycles. The Morgan fingerprint density at radius 2 is 1.76 bits per heavy atom. The fourth-order valence-electron chi connectivity index (χ4n) is 1.95. The molecule has 0 aromatic heterocycles. The van der Waals surface area contributed by atoms with Crippen molar-refractivity contribution in [1.82, 2.24) is 14.9 Å². The highest BCUT2D eigenvalue weighted by molar-refractivity contribution is 7.89. The van der Waals surface area contributed by atoms with Gasteiger partial charge >= 0.3 is 0 Å². The highest BCUT2D eigenvalue weighted by Crippen LogP contribution is 2.15. The van der Waals surface area contributed by atoms with Gasteiger partial charge in [0, 0.05) is 12.6 Å². The highest BCUT2D eigenvalue weighted by Gasteiger charge is 2.13. The Morgan fingerprint density at radius 3 is 2.29 bits per heavy atom. The summed E-state index contributed by atoms with van der Waals surface area (Å²) in [6.45, 7) is 3.48. The molecule has 2 N–H and O–H groups in total. The minimum atomic E-state index is -3.39. The summed E-state index contributed by atoms with van der Waals surface area (Å²) < 4.78 is 26.9. The van der Waals surface area contributed by atoms with Gasteiger partial charge in [0.2, 0.25) is 10.0 Å². The first-order chi connectivity index (χ1) is 9.86. The molecule has 5 nitrogen and oxygen atoms in total. The van der Waals surface area contributed by atoms with Crippen molar-refractivity contribution in [3.05, 3.63) is 29.8 Å². The average Bonchev–Trinajstić information content (AvgIpc) is 2.45. The lowest BCUT2D eigenvalue weighted by Crippen LogP contribution is -2.25. The monoisotopic (exact) mass is 313 g/mol. The van der Waals surface area contributed by atoms with Crippen molar-refractivity contribution in [3.63, 3.8) is 0 Å². The molecule has 0 heterocycles. The fourth-order valence-corrected chi connectivity index (χ4v) is 3.02. The van der Waals surface area contributed by atoms with Crippen molar-refractivity contribution in [2.75, 3.05) is 34.2 Å². The van der Waals surface area contributed by atoms with Gasteiger partial charge in [-0.05, 0) is 65.1 Å². The van der Waals surface area contributed by atoms with Crippen molar-refractivity contribution < 1.29 is 8.42 Å². The summed E-state index contributed by atoms with van der Waals surface area (Å²) in [5.41, 5.74) is 1.07. The van der Waals surface area contributed by atoms with Crippen molar-refractivity contribution in [3.8, 4) is 0 Å². The minimum Gasteiger partial charge on any atom is -0.313 e. The normalized spacial score (nSPS) is 13.6. The van der Waals surface area contributed by atoms with Gasteiger partial charge in [-0.3, -0.25) is 0 Å². The number of hydrogen-bond donors (Lipinski definition) is 2. The number of nitrogens with zero attached hydrogens (tertiary/aromatic N) is 1. The molecule has 1 unspecified atom stereocenters. The standard InChI is InChI=1S/C15H27N3O2S/c1-13(16-2)14-7-9-15(10-8-14)21(19,20)17-11-5-6-12-18(3)4/h7-10,13,16-17H,5-6,11-12H2,1-4H3. The van der Waals surface area contributed by atoms with Gasteiger partial charge in [-0.15, -0.1) is 0 Å². The third kappa shape index (κ3) is 6.13. The van der Waals surface area contributed by atoms with E-state index in [2.05, 4.69) is 14.9 Å². The van der Waals surface area contributed by atoms with Crippen LogP contribution in [0.3, 0.4) is 0 Å². The maximum atomic E-state index is 12.1. The Hall–Kier alpha value is -0.950. The predicted molar refractivity (Wildman–Crippen MR) is 86.9 cm³/mol. The van der Waals surface area contributed by atoms with Gasteiger partial charge in [0.05, 0.1) is 4.90 Å². The van der Waals surface area contributed by atoms with Crippen LogP contribution >= 0.6 is 0 Å². The zero-order chi connectivity index (χ0) is 15.9. The Bertz CT molecular complexity index is 512. The van der Waals surface area contributed by atoms with Gasteiger partial charge in [-0.1, -0.05) is 12.1 Å². The van der Waals surface area contributed by atoms with Crippen LogP contribution in [0.1, 0.15) is 31.4 Å². The quantitative estimate of drug-likeness (QED) is 0.680. The molecule has 6 heteroatoms. The van der Waals surface area contributed by atoms with Crippen LogP contribution in [0.25, 0.3) is 0 Å². The molecule has 0 fully saturated rings. The van der Waals surface area contributed by atoms with Crippen molar-refractivity contribution in [2.45, 2.75) is 30.7 Å². The molecule has 1 aromatic rings. The van der Waals surface area contributed by atoms with Crippen molar-refractivity contribution >= 4 is 10.0 Å². The Balaban J connectivity index is 2.54. The topological polar surface area (TPSA) is 61.4 Å². The molecular formula is C15H27N3O2S. The second kappa shape index (κ2) is 8.48. The molecule has 0 aliphatic heterocycles. The third-order valence-corrected chi connectivity index (χ3v) is 4.92. The third-order valence-electron chi connectivity index (χ3n) is 3.45. The van der Waals surface area contributed by atoms with Crippen LogP contribution in [0, 0.1) is 0 Å². The Labute approximate surface area is 128 Å². The molecule has 21 heavy (non-hydrogen) atoms. The summed E-state index contributed by atoms with van der Waals surface area (Å²) in [6, 6.07) is 7.22. The van der Waals surface area contributed by atoms with Crippen LogP contribution in [-0.2, 0) is 10.0 Å². The van der Waals surface area contributed by atoms with Crippen molar-refractivity contribution in [1.29, 1.82) is 0 Å². The van der Waals surface area contributed by atoms with Crippen LogP contribution < -0.4 is 10.0 Å². The van der Waals surface area contributed by atoms with Gasteiger partial charge < -0.3 is 10.2 Å². The molecule has 1 aromatic carbocycles. The number of benzene rings is 1. The lowest BCUT2D eigenvalue weighted by atomic mass is 10.1. The summed E-state index contributed by atoms with van der Waals surface area (Å²) in [5.74, 6) is 0. The predicted octanol–water partition coefficient (Wildman–Crippen LogP) is 1.59. The largest absolute Gasteiger partial charge is 0.313 e. The van der Waals surface area contributed by atoms with E-state index in [1.54, 1.807) is 12.1 Å². The number of sulfonamides is 1. The van der Waals surface area contributed by atoms with Crippen LogP contribution in [0.4, 0.5) is 0 Å². The summed E-state index contributed by atoms with van der Waals surface area (Å²) >= 11 is 0. The summed E-state index contributed by atoms with van der Waals surface area (Å²) in [7, 11) is 2.51. The molecule has 1 atom stereocenters. The van der Waals surface area contributed by atoms with Crippen LogP contribution in [0.2, 0.25) is 0 Å². The summed E-state index contributed by atoms with van der Waals surface area (Å²) in [4.78, 5) is 2.41. The van der Waals surface area contributed by atoms with E-state index < -0.39 is 10.0 Å². The van der Waals surface area contributed by atoms with Crippen LogP contribution in [-0.4, -0.2) is 47.6 Å². The molecule has 0 bridgehead atoms. The van der Waals surface area contributed by atoms with E-state index in [-0.39, 0.29) is 6.04 Å². The second-order valence-corrected chi connectivity index (χ2v) is 7.25. The first-order valence-corrected chi connectivity index (χ1v) is 8.77. The van der Waals surface area contributed by atoms with Gasteiger partial charge in [-0.25, -0.2) is 13.1 Å². The molecule has 0 aliphatic carbocycles. The molecule has 0 spiro atoms. The lowest BCUT2D eigenvalue weighted by molar-refractivity contribution is 0.394. The van der Waals surface area contributed by atoms with Crippen molar-refractivity contribution in [2.24, 2.45) is 0 Å². The van der Waals surface area contributed by atoms with E-state index in [0.29, 0.717) is 11.4 Å². The number of hydrogen-bond acceptors (Lipinski definition) is 4. The minimum absolute atomic E-state index is 0.209. The molecule has 0 amide bonds. The van der Waals surface area contributed by atoms with Crippen LogP contribution in [0.15, 0.2) is 29.2 Å². The number of rotatable bonds is 9. The van der Waals surface area contributed by atoms with E-state index in [1.807, 2.05) is 40.2 Å². The lowest BCUT2D eigenvalue weighted by Gasteiger charge is -2.12.